The molecule has 0 aromatic heterocycles. The molecule has 0 unspecified atom stereocenters. The van der Waals surface area contributed by atoms with Crippen molar-refractivity contribution >= 4 is 23.6 Å². The first kappa shape index (κ1) is 19.5. The van der Waals surface area contributed by atoms with Crippen molar-refractivity contribution in [1.29, 1.82) is 0 Å². The van der Waals surface area contributed by atoms with Gasteiger partial charge in [0.2, 0.25) is 5.91 Å². The van der Waals surface area contributed by atoms with Gasteiger partial charge in [0.15, 0.2) is 0 Å². The van der Waals surface area contributed by atoms with Gasteiger partial charge in [-0.3, -0.25) is 4.79 Å². The minimum atomic E-state index is -0.265. The van der Waals surface area contributed by atoms with Crippen molar-refractivity contribution in [3.63, 3.8) is 0 Å². The first-order valence-electron chi connectivity index (χ1n) is 8.74. The third-order valence-corrected chi connectivity index (χ3v) is 4.41. The molecule has 1 aliphatic rings. The van der Waals surface area contributed by atoms with Crippen LogP contribution in [0.3, 0.4) is 0 Å². The zero-order valence-corrected chi connectivity index (χ0v) is 15.3. The molecular weight excluding hydrogens is 342 g/mol. The normalized spacial score (nSPS) is 15.0. The van der Waals surface area contributed by atoms with E-state index in [9.17, 15) is 9.59 Å². The summed E-state index contributed by atoms with van der Waals surface area (Å²) in [6.07, 6.45) is 1.70. The Balaban J connectivity index is 1.58. The van der Waals surface area contributed by atoms with Crippen LogP contribution in [0, 0.1) is 0 Å². The molecule has 25 heavy (non-hydrogen) atoms. The summed E-state index contributed by atoms with van der Waals surface area (Å²) < 4.78 is 4.99. The van der Waals surface area contributed by atoms with E-state index in [1.807, 2.05) is 24.3 Å². The monoisotopic (exact) mass is 367 g/mol. The van der Waals surface area contributed by atoms with Crippen LogP contribution in [-0.2, 0) is 16.1 Å². The van der Waals surface area contributed by atoms with Gasteiger partial charge >= 0.3 is 6.09 Å². The lowest BCUT2D eigenvalue weighted by Crippen LogP contribution is -2.47. The summed E-state index contributed by atoms with van der Waals surface area (Å²) in [6, 6.07) is 7.77. The number of piperidine rings is 1. The van der Waals surface area contributed by atoms with Crippen molar-refractivity contribution in [2.75, 3.05) is 26.2 Å². The molecule has 0 aliphatic carbocycles. The lowest BCUT2D eigenvalue weighted by atomic mass is 10.1. The Hall–Kier alpha value is -1.79. The molecule has 2 rings (SSSR count). The van der Waals surface area contributed by atoms with Gasteiger partial charge in [0, 0.05) is 43.7 Å². The number of ether oxygens (including phenoxy) is 1. The number of carbonyl (C=O) groups excluding carboxylic acids is 2. The maximum atomic E-state index is 12.0. The second-order valence-corrected chi connectivity index (χ2v) is 6.52. The van der Waals surface area contributed by atoms with Gasteiger partial charge in [0.05, 0.1) is 6.61 Å². The number of likely N-dealkylation sites (tertiary alicyclic amines) is 1. The van der Waals surface area contributed by atoms with E-state index in [1.165, 1.54) is 0 Å². The summed E-state index contributed by atoms with van der Waals surface area (Å²) >= 11 is 5.85. The summed E-state index contributed by atoms with van der Waals surface area (Å²) in [6.45, 7) is 4.76. The molecule has 1 aliphatic heterocycles. The zero-order valence-electron chi connectivity index (χ0n) is 14.6. The number of hydrogen-bond acceptors (Lipinski definition) is 4. The quantitative estimate of drug-likeness (QED) is 0.726. The number of halogens is 1. The van der Waals surface area contributed by atoms with E-state index >= 15 is 0 Å². The number of amides is 2. The minimum Gasteiger partial charge on any atom is -0.450 e. The SMILES string of the molecule is CCOC(=O)N1CCC(NC(=O)CCNCc2ccc(Cl)cc2)CC1. The fourth-order valence-electron chi connectivity index (χ4n) is 2.76. The van der Waals surface area contributed by atoms with Crippen LogP contribution in [0.25, 0.3) is 0 Å². The van der Waals surface area contributed by atoms with E-state index in [4.69, 9.17) is 16.3 Å². The number of nitrogens with zero attached hydrogens (tertiary/aromatic N) is 1. The number of hydrogen-bond donors (Lipinski definition) is 2. The zero-order chi connectivity index (χ0) is 18.1. The average molecular weight is 368 g/mol. The first-order chi connectivity index (χ1) is 12.1. The molecule has 6 nitrogen and oxygen atoms in total. The van der Waals surface area contributed by atoms with Crippen LogP contribution in [0.5, 0.6) is 0 Å². The summed E-state index contributed by atoms with van der Waals surface area (Å²) in [5.41, 5.74) is 1.14. The largest absolute Gasteiger partial charge is 0.450 e. The molecule has 2 N–H and O–H groups in total. The molecule has 0 radical (unpaired) electrons. The highest BCUT2D eigenvalue weighted by Gasteiger charge is 2.24. The molecule has 0 saturated carbocycles. The molecule has 0 spiro atoms. The Labute approximate surface area is 153 Å². The van der Waals surface area contributed by atoms with Crippen molar-refractivity contribution < 1.29 is 14.3 Å². The maximum absolute atomic E-state index is 12.0. The Kier molecular flexibility index (Phi) is 8.01. The lowest BCUT2D eigenvalue weighted by molar-refractivity contribution is -0.122. The molecule has 1 fully saturated rings. The summed E-state index contributed by atoms with van der Waals surface area (Å²) in [5.74, 6) is 0.0400. The van der Waals surface area contributed by atoms with Crippen molar-refractivity contribution in [3.05, 3.63) is 34.9 Å². The second kappa shape index (κ2) is 10.3. The van der Waals surface area contributed by atoms with E-state index in [0.717, 1.165) is 23.4 Å². The van der Waals surface area contributed by atoms with Gasteiger partial charge in [-0.25, -0.2) is 4.79 Å². The van der Waals surface area contributed by atoms with E-state index in [0.29, 0.717) is 39.2 Å². The molecule has 1 heterocycles. The van der Waals surface area contributed by atoms with Crippen LogP contribution >= 0.6 is 11.6 Å². The van der Waals surface area contributed by atoms with Gasteiger partial charge in [0.25, 0.3) is 0 Å². The molecule has 1 aromatic carbocycles. The number of rotatable bonds is 7. The molecule has 2 amide bonds. The van der Waals surface area contributed by atoms with Crippen LogP contribution < -0.4 is 10.6 Å². The number of nitrogens with one attached hydrogen (secondary N) is 2. The van der Waals surface area contributed by atoms with Crippen molar-refractivity contribution in [1.82, 2.24) is 15.5 Å². The van der Waals surface area contributed by atoms with Gasteiger partial charge in [0.1, 0.15) is 0 Å². The van der Waals surface area contributed by atoms with Crippen molar-refractivity contribution in [2.24, 2.45) is 0 Å². The lowest BCUT2D eigenvalue weighted by Gasteiger charge is -2.31. The van der Waals surface area contributed by atoms with Gasteiger partial charge in [-0.15, -0.1) is 0 Å². The van der Waals surface area contributed by atoms with E-state index in [1.54, 1.807) is 11.8 Å². The standard InChI is InChI=1S/C18H26ClN3O3/c1-2-25-18(24)22-11-8-16(9-12-22)21-17(23)7-10-20-13-14-3-5-15(19)6-4-14/h3-6,16,20H,2,7-13H2,1H3,(H,21,23). The molecular formula is C18H26ClN3O3. The van der Waals surface area contributed by atoms with Crippen LogP contribution in [0.15, 0.2) is 24.3 Å². The second-order valence-electron chi connectivity index (χ2n) is 6.08. The highest BCUT2D eigenvalue weighted by atomic mass is 35.5. The van der Waals surface area contributed by atoms with Crippen molar-refractivity contribution in [3.8, 4) is 0 Å². The Morgan fingerprint density at radius 3 is 2.56 bits per heavy atom. The highest BCUT2D eigenvalue weighted by Crippen LogP contribution is 2.12. The maximum Gasteiger partial charge on any atom is 0.409 e. The Morgan fingerprint density at radius 2 is 1.92 bits per heavy atom. The fraction of sp³-hybridized carbons (Fsp3) is 0.556. The highest BCUT2D eigenvalue weighted by molar-refractivity contribution is 6.30. The summed E-state index contributed by atoms with van der Waals surface area (Å²) in [4.78, 5) is 25.3. The number of benzene rings is 1. The topological polar surface area (TPSA) is 70.7 Å². The first-order valence-corrected chi connectivity index (χ1v) is 9.12. The van der Waals surface area contributed by atoms with E-state index < -0.39 is 0 Å². The van der Waals surface area contributed by atoms with Gasteiger partial charge in [-0.2, -0.15) is 0 Å². The molecule has 0 bridgehead atoms. The Bertz CT molecular complexity index is 557. The fourth-order valence-corrected chi connectivity index (χ4v) is 2.88. The third kappa shape index (κ3) is 6.92. The predicted octanol–water partition coefficient (Wildman–Crippen LogP) is 2.56. The van der Waals surface area contributed by atoms with Crippen LogP contribution in [0.4, 0.5) is 4.79 Å². The van der Waals surface area contributed by atoms with E-state index in [-0.39, 0.29) is 18.0 Å². The van der Waals surface area contributed by atoms with Gasteiger partial charge in [-0.05, 0) is 37.5 Å². The third-order valence-electron chi connectivity index (χ3n) is 4.16. The smallest absolute Gasteiger partial charge is 0.409 e. The van der Waals surface area contributed by atoms with Gasteiger partial charge < -0.3 is 20.3 Å². The average Bonchev–Trinajstić information content (AvgIpc) is 2.61. The van der Waals surface area contributed by atoms with E-state index in [2.05, 4.69) is 10.6 Å². The van der Waals surface area contributed by atoms with Crippen LogP contribution in [0.2, 0.25) is 5.02 Å². The molecule has 1 saturated heterocycles. The molecule has 138 valence electrons. The minimum absolute atomic E-state index is 0.0400. The predicted molar refractivity (Wildman–Crippen MR) is 97.5 cm³/mol. The summed E-state index contributed by atoms with van der Waals surface area (Å²) in [5, 5.41) is 7.01. The Morgan fingerprint density at radius 1 is 1.24 bits per heavy atom. The molecule has 7 heteroatoms. The van der Waals surface area contributed by atoms with Crippen LogP contribution in [-0.4, -0.2) is 49.2 Å². The summed E-state index contributed by atoms with van der Waals surface area (Å²) in [7, 11) is 0. The van der Waals surface area contributed by atoms with Crippen LogP contribution in [0.1, 0.15) is 31.7 Å². The van der Waals surface area contributed by atoms with Crippen molar-refractivity contribution in [2.45, 2.75) is 38.8 Å². The van der Waals surface area contributed by atoms with Gasteiger partial charge in [-0.1, -0.05) is 23.7 Å². The molecule has 1 aromatic rings. The number of carbonyl (C=O) groups is 2. The molecule has 0 atom stereocenters.